The molecule has 0 saturated heterocycles. The molecule has 0 radical (unpaired) electrons. The topological polar surface area (TPSA) is 40.5 Å². The molecule has 0 unspecified atom stereocenters. The Kier molecular flexibility index (Phi) is 5.56. The molecule has 2 nitrogen and oxygen atoms in total. The molecule has 2 N–H and O–H groups in total. The SMILES string of the molecule is CCCC(CO)(CO)Cc1cc(F)ccc1Br. The predicted molar refractivity (Wildman–Crippen MR) is 69.3 cm³/mol. The molecule has 1 aromatic carbocycles. The second-order valence-corrected chi connectivity index (χ2v) is 5.33. The van der Waals surface area contributed by atoms with Crippen LogP contribution in [-0.4, -0.2) is 23.4 Å². The number of hydrogen-bond donors (Lipinski definition) is 2. The van der Waals surface area contributed by atoms with Gasteiger partial charge in [-0.2, -0.15) is 0 Å². The Hall–Kier alpha value is -0.450. The van der Waals surface area contributed by atoms with Crippen LogP contribution in [0.1, 0.15) is 25.3 Å². The fourth-order valence-corrected chi connectivity index (χ4v) is 2.41. The molecule has 0 atom stereocenters. The van der Waals surface area contributed by atoms with Gasteiger partial charge in [-0.15, -0.1) is 0 Å². The molecule has 0 fully saturated rings. The molecule has 0 aromatic heterocycles. The summed E-state index contributed by atoms with van der Waals surface area (Å²) in [6.07, 6.45) is 2.04. The zero-order valence-corrected chi connectivity index (χ0v) is 11.5. The lowest BCUT2D eigenvalue weighted by Crippen LogP contribution is -2.32. The molecule has 0 aliphatic carbocycles. The Morgan fingerprint density at radius 1 is 1.29 bits per heavy atom. The van der Waals surface area contributed by atoms with Gasteiger partial charge < -0.3 is 10.2 Å². The summed E-state index contributed by atoms with van der Waals surface area (Å²) in [7, 11) is 0. The molecule has 0 aliphatic heterocycles. The van der Waals surface area contributed by atoms with E-state index in [1.807, 2.05) is 6.92 Å². The molecule has 0 spiro atoms. The van der Waals surface area contributed by atoms with E-state index in [2.05, 4.69) is 15.9 Å². The monoisotopic (exact) mass is 304 g/mol. The first-order chi connectivity index (χ1) is 8.06. The zero-order valence-electron chi connectivity index (χ0n) is 9.92. The second kappa shape index (κ2) is 6.47. The maximum Gasteiger partial charge on any atom is 0.123 e. The van der Waals surface area contributed by atoms with Gasteiger partial charge >= 0.3 is 0 Å². The fraction of sp³-hybridized carbons (Fsp3) is 0.538. The Balaban J connectivity index is 2.96. The molecule has 0 bridgehead atoms. The van der Waals surface area contributed by atoms with Crippen LogP contribution >= 0.6 is 15.9 Å². The average molecular weight is 305 g/mol. The first-order valence-electron chi connectivity index (χ1n) is 5.72. The summed E-state index contributed by atoms with van der Waals surface area (Å²) < 4.78 is 14.0. The quantitative estimate of drug-likeness (QED) is 0.848. The van der Waals surface area contributed by atoms with Gasteiger partial charge in [-0.05, 0) is 36.6 Å². The summed E-state index contributed by atoms with van der Waals surface area (Å²) in [5.74, 6) is -0.301. The number of aliphatic hydroxyl groups is 2. The smallest absolute Gasteiger partial charge is 0.123 e. The van der Waals surface area contributed by atoms with E-state index in [0.717, 1.165) is 16.5 Å². The highest BCUT2D eigenvalue weighted by Gasteiger charge is 2.29. The minimum Gasteiger partial charge on any atom is -0.396 e. The third-order valence-electron chi connectivity index (χ3n) is 3.02. The van der Waals surface area contributed by atoms with Gasteiger partial charge in [0.05, 0.1) is 13.2 Å². The molecule has 96 valence electrons. The molecule has 0 heterocycles. The van der Waals surface area contributed by atoms with E-state index in [1.54, 1.807) is 6.07 Å². The van der Waals surface area contributed by atoms with Gasteiger partial charge in [0.1, 0.15) is 5.82 Å². The largest absolute Gasteiger partial charge is 0.396 e. The van der Waals surface area contributed by atoms with Crippen LogP contribution in [0, 0.1) is 11.2 Å². The number of aliphatic hydroxyl groups excluding tert-OH is 2. The van der Waals surface area contributed by atoms with Crippen molar-refractivity contribution >= 4 is 15.9 Å². The molecule has 17 heavy (non-hydrogen) atoms. The third kappa shape index (κ3) is 3.76. The van der Waals surface area contributed by atoms with E-state index in [0.29, 0.717) is 12.8 Å². The van der Waals surface area contributed by atoms with E-state index >= 15 is 0 Å². The molecular formula is C13H18BrFO2. The van der Waals surface area contributed by atoms with E-state index in [9.17, 15) is 14.6 Å². The lowest BCUT2D eigenvalue weighted by Gasteiger charge is -2.30. The van der Waals surface area contributed by atoms with Crippen molar-refractivity contribution in [1.29, 1.82) is 0 Å². The Bertz CT molecular complexity index is 364. The lowest BCUT2D eigenvalue weighted by atomic mass is 9.79. The van der Waals surface area contributed by atoms with Crippen molar-refractivity contribution in [1.82, 2.24) is 0 Å². The van der Waals surface area contributed by atoms with E-state index in [1.165, 1.54) is 12.1 Å². The number of hydrogen-bond acceptors (Lipinski definition) is 2. The van der Waals surface area contributed by atoms with Crippen LogP contribution in [0.2, 0.25) is 0 Å². The third-order valence-corrected chi connectivity index (χ3v) is 3.80. The van der Waals surface area contributed by atoms with E-state index < -0.39 is 5.41 Å². The van der Waals surface area contributed by atoms with Gasteiger partial charge in [-0.25, -0.2) is 4.39 Å². The van der Waals surface area contributed by atoms with Crippen molar-refractivity contribution in [3.8, 4) is 0 Å². The summed E-state index contributed by atoms with van der Waals surface area (Å²) in [6.45, 7) is 1.81. The van der Waals surface area contributed by atoms with Gasteiger partial charge in [0.15, 0.2) is 0 Å². The zero-order chi connectivity index (χ0) is 12.9. The minimum atomic E-state index is -0.564. The van der Waals surface area contributed by atoms with Crippen LogP contribution in [-0.2, 0) is 6.42 Å². The fourth-order valence-electron chi connectivity index (χ4n) is 2.02. The van der Waals surface area contributed by atoms with Crippen molar-refractivity contribution in [2.45, 2.75) is 26.2 Å². The Morgan fingerprint density at radius 2 is 1.94 bits per heavy atom. The molecule has 0 amide bonds. The van der Waals surface area contributed by atoms with Crippen molar-refractivity contribution in [2.75, 3.05) is 13.2 Å². The Labute approximate surface area is 110 Å². The minimum absolute atomic E-state index is 0.0969. The number of halogens is 2. The summed E-state index contributed by atoms with van der Waals surface area (Å²) >= 11 is 3.36. The van der Waals surface area contributed by atoms with Crippen molar-refractivity contribution in [2.24, 2.45) is 5.41 Å². The molecule has 0 saturated carbocycles. The van der Waals surface area contributed by atoms with Crippen LogP contribution < -0.4 is 0 Å². The van der Waals surface area contributed by atoms with Crippen LogP contribution in [0.15, 0.2) is 22.7 Å². The average Bonchev–Trinajstić information content (AvgIpc) is 2.33. The van der Waals surface area contributed by atoms with Crippen molar-refractivity contribution in [3.05, 3.63) is 34.1 Å². The maximum atomic E-state index is 13.2. The van der Waals surface area contributed by atoms with E-state index in [-0.39, 0.29) is 19.0 Å². The van der Waals surface area contributed by atoms with Crippen LogP contribution in [0.3, 0.4) is 0 Å². The van der Waals surface area contributed by atoms with Gasteiger partial charge in [0, 0.05) is 9.89 Å². The Morgan fingerprint density at radius 3 is 2.47 bits per heavy atom. The standard InChI is InChI=1S/C13H18BrFO2/c1-2-5-13(8-16,9-17)7-10-6-11(15)3-4-12(10)14/h3-4,6,16-17H,2,5,7-9H2,1H3. The van der Waals surface area contributed by atoms with Gasteiger partial charge in [-0.1, -0.05) is 29.3 Å². The van der Waals surface area contributed by atoms with Crippen LogP contribution in [0.4, 0.5) is 4.39 Å². The van der Waals surface area contributed by atoms with Gasteiger partial charge in [-0.3, -0.25) is 0 Å². The molecule has 4 heteroatoms. The van der Waals surface area contributed by atoms with Gasteiger partial charge in [0.25, 0.3) is 0 Å². The van der Waals surface area contributed by atoms with Crippen molar-refractivity contribution < 1.29 is 14.6 Å². The number of benzene rings is 1. The lowest BCUT2D eigenvalue weighted by molar-refractivity contribution is 0.0464. The molecule has 1 aromatic rings. The first-order valence-corrected chi connectivity index (χ1v) is 6.52. The highest BCUT2D eigenvalue weighted by Crippen LogP contribution is 2.31. The van der Waals surface area contributed by atoms with Crippen LogP contribution in [0.5, 0.6) is 0 Å². The summed E-state index contributed by atoms with van der Waals surface area (Å²) in [5.41, 5.74) is 0.215. The highest BCUT2D eigenvalue weighted by atomic mass is 79.9. The maximum absolute atomic E-state index is 13.2. The first kappa shape index (κ1) is 14.6. The van der Waals surface area contributed by atoms with Crippen molar-refractivity contribution in [3.63, 3.8) is 0 Å². The second-order valence-electron chi connectivity index (χ2n) is 4.48. The summed E-state index contributed by atoms with van der Waals surface area (Å²) in [4.78, 5) is 0. The molecule has 1 rings (SSSR count). The predicted octanol–water partition coefficient (Wildman–Crippen LogP) is 2.90. The summed E-state index contributed by atoms with van der Waals surface area (Å²) in [5, 5.41) is 18.9. The molecular weight excluding hydrogens is 287 g/mol. The van der Waals surface area contributed by atoms with Crippen LogP contribution in [0.25, 0.3) is 0 Å². The number of rotatable bonds is 6. The summed E-state index contributed by atoms with van der Waals surface area (Å²) in [6, 6.07) is 4.48. The van der Waals surface area contributed by atoms with E-state index in [4.69, 9.17) is 0 Å². The highest BCUT2D eigenvalue weighted by molar-refractivity contribution is 9.10. The van der Waals surface area contributed by atoms with Gasteiger partial charge in [0.2, 0.25) is 0 Å². The normalized spacial score (nSPS) is 11.8. The molecule has 0 aliphatic rings.